The van der Waals surface area contributed by atoms with E-state index >= 15 is 0 Å². The predicted octanol–water partition coefficient (Wildman–Crippen LogP) is 5.79. The minimum atomic E-state index is -0.307. The Morgan fingerprint density at radius 3 is 2.08 bits per heavy atom. The first-order valence-corrected chi connectivity index (χ1v) is 12.5. The van der Waals surface area contributed by atoms with Crippen LogP contribution in [0.3, 0.4) is 0 Å². The van der Waals surface area contributed by atoms with Crippen molar-refractivity contribution >= 4 is 29.0 Å². The van der Waals surface area contributed by atoms with Crippen molar-refractivity contribution in [3.8, 4) is 0 Å². The number of benzene rings is 3. The van der Waals surface area contributed by atoms with E-state index in [4.69, 9.17) is 5.73 Å². The molecule has 38 heavy (non-hydrogen) atoms. The summed E-state index contributed by atoms with van der Waals surface area (Å²) in [5.74, 6) is 0.580. The van der Waals surface area contributed by atoms with Gasteiger partial charge in [0.05, 0.1) is 0 Å². The number of carbonyl (C=O) groups is 1. The van der Waals surface area contributed by atoms with Crippen LogP contribution in [0.1, 0.15) is 34.8 Å². The summed E-state index contributed by atoms with van der Waals surface area (Å²) < 4.78 is 26.3. The fraction of sp³-hybridized carbons (Fsp3) is 0.207. The molecule has 1 saturated heterocycles. The maximum atomic E-state index is 13.2. The number of piperidine rings is 1. The SMILES string of the molecule is NC(c1ccc(F)cc1)C1CCN(C(=O)c2ccc(Nc3nccc(Nc4ccc(F)cc4)n3)cc2)CC1. The van der Waals surface area contributed by atoms with E-state index in [0.717, 1.165) is 24.1 Å². The summed E-state index contributed by atoms with van der Waals surface area (Å²) in [4.78, 5) is 23.6. The van der Waals surface area contributed by atoms with Crippen LogP contribution in [0, 0.1) is 17.6 Å². The molecule has 0 aliphatic carbocycles. The van der Waals surface area contributed by atoms with E-state index in [1.165, 1.54) is 24.3 Å². The van der Waals surface area contributed by atoms with Gasteiger partial charge in [-0.15, -0.1) is 0 Å². The summed E-state index contributed by atoms with van der Waals surface area (Å²) in [7, 11) is 0. The van der Waals surface area contributed by atoms with Crippen LogP contribution in [0.2, 0.25) is 0 Å². The van der Waals surface area contributed by atoms with Crippen molar-refractivity contribution in [2.45, 2.75) is 18.9 Å². The minimum absolute atomic E-state index is 0.0212. The molecular weight excluding hydrogens is 486 g/mol. The second-order valence-electron chi connectivity index (χ2n) is 9.31. The molecule has 2 heterocycles. The van der Waals surface area contributed by atoms with Gasteiger partial charge in [-0.1, -0.05) is 12.1 Å². The normalized spacial score (nSPS) is 14.7. The number of hydrogen-bond acceptors (Lipinski definition) is 6. The highest BCUT2D eigenvalue weighted by atomic mass is 19.1. The molecule has 1 atom stereocenters. The van der Waals surface area contributed by atoms with Crippen molar-refractivity contribution < 1.29 is 13.6 Å². The molecule has 1 aliphatic heterocycles. The summed E-state index contributed by atoms with van der Waals surface area (Å²) in [5.41, 5.74) is 9.39. The van der Waals surface area contributed by atoms with Gasteiger partial charge in [0, 0.05) is 42.3 Å². The van der Waals surface area contributed by atoms with E-state index in [1.807, 2.05) is 17.0 Å². The highest BCUT2D eigenvalue weighted by Gasteiger charge is 2.28. The zero-order chi connectivity index (χ0) is 26.5. The number of hydrogen-bond donors (Lipinski definition) is 3. The highest BCUT2D eigenvalue weighted by molar-refractivity contribution is 5.94. The zero-order valence-corrected chi connectivity index (χ0v) is 20.6. The Morgan fingerprint density at radius 1 is 0.842 bits per heavy atom. The number of nitrogens with two attached hydrogens (primary N) is 1. The van der Waals surface area contributed by atoms with Gasteiger partial charge in [-0.25, -0.2) is 13.8 Å². The number of carbonyl (C=O) groups excluding carboxylic acids is 1. The van der Waals surface area contributed by atoms with Gasteiger partial charge in [-0.05, 0) is 91.1 Å². The van der Waals surface area contributed by atoms with Crippen molar-refractivity contribution in [3.05, 3.63) is 108 Å². The molecule has 5 rings (SSSR count). The zero-order valence-electron chi connectivity index (χ0n) is 20.6. The van der Waals surface area contributed by atoms with Crippen LogP contribution >= 0.6 is 0 Å². The number of halogens is 2. The Balaban J connectivity index is 1.15. The van der Waals surface area contributed by atoms with Crippen molar-refractivity contribution in [3.63, 3.8) is 0 Å². The van der Waals surface area contributed by atoms with Crippen LogP contribution in [0.15, 0.2) is 85.1 Å². The molecule has 1 aliphatic rings. The number of anilines is 4. The third-order valence-corrected chi connectivity index (χ3v) is 6.75. The van der Waals surface area contributed by atoms with Gasteiger partial charge in [0.25, 0.3) is 5.91 Å². The van der Waals surface area contributed by atoms with Gasteiger partial charge in [0.15, 0.2) is 0 Å². The standard InChI is InChI=1S/C29H28F2N6O/c30-22-5-1-19(2-6-22)27(32)20-14-17-37(18-15-20)28(38)21-3-9-25(10-4-21)35-29-33-16-13-26(36-29)34-24-11-7-23(31)8-12-24/h1-13,16,20,27H,14-15,17-18,32H2,(H2,33,34,35,36). The average Bonchev–Trinajstić information content (AvgIpc) is 2.95. The molecule has 0 radical (unpaired) electrons. The second-order valence-corrected chi connectivity index (χ2v) is 9.31. The average molecular weight is 515 g/mol. The number of nitrogens with zero attached hydrogens (tertiary/aromatic N) is 3. The van der Waals surface area contributed by atoms with Gasteiger partial charge < -0.3 is 21.3 Å². The van der Waals surface area contributed by atoms with E-state index < -0.39 is 0 Å². The number of amides is 1. The smallest absolute Gasteiger partial charge is 0.253 e. The Bertz CT molecular complexity index is 1370. The van der Waals surface area contributed by atoms with Crippen LogP contribution < -0.4 is 16.4 Å². The van der Waals surface area contributed by atoms with Crippen LogP contribution in [0.4, 0.5) is 31.9 Å². The predicted molar refractivity (Wildman–Crippen MR) is 143 cm³/mol. The Kier molecular flexibility index (Phi) is 7.55. The molecule has 7 nitrogen and oxygen atoms in total. The van der Waals surface area contributed by atoms with Crippen LogP contribution in [-0.4, -0.2) is 33.9 Å². The third-order valence-electron chi connectivity index (χ3n) is 6.75. The molecule has 0 spiro atoms. The summed E-state index contributed by atoms with van der Waals surface area (Å²) in [6, 6.07) is 21.0. The quantitative estimate of drug-likeness (QED) is 0.289. The van der Waals surface area contributed by atoms with Gasteiger partial charge in [-0.3, -0.25) is 4.79 Å². The summed E-state index contributed by atoms with van der Waals surface area (Å²) >= 11 is 0. The molecule has 0 bridgehead atoms. The fourth-order valence-corrected chi connectivity index (χ4v) is 4.60. The highest BCUT2D eigenvalue weighted by Crippen LogP contribution is 2.30. The molecule has 4 N–H and O–H groups in total. The van der Waals surface area contributed by atoms with Crippen molar-refractivity contribution in [1.82, 2.24) is 14.9 Å². The molecule has 0 saturated carbocycles. The van der Waals surface area contributed by atoms with E-state index in [2.05, 4.69) is 20.6 Å². The summed E-state index contributed by atoms with van der Waals surface area (Å²) in [6.45, 7) is 1.25. The molecule has 4 aromatic rings. The fourth-order valence-electron chi connectivity index (χ4n) is 4.60. The molecule has 3 aromatic carbocycles. The number of likely N-dealkylation sites (tertiary alicyclic amines) is 1. The van der Waals surface area contributed by atoms with Gasteiger partial charge in [0.2, 0.25) is 5.95 Å². The van der Waals surface area contributed by atoms with Crippen molar-refractivity contribution in [2.75, 3.05) is 23.7 Å². The lowest BCUT2D eigenvalue weighted by atomic mass is 9.86. The van der Waals surface area contributed by atoms with Crippen LogP contribution in [0.25, 0.3) is 0 Å². The Hall–Kier alpha value is -4.37. The summed E-state index contributed by atoms with van der Waals surface area (Å²) in [6.07, 6.45) is 3.21. The maximum absolute atomic E-state index is 13.2. The summed E-state index contributed by atoms with van der Waals surface area (Å²) in [5, 5.41) is 6.25. The van der Waals surface area contributed by atoms with E-state index in [1.54, 1.807) is 48.7 Å². The number of nitrogens with one attached hydrogen (secondary N) is 2. The first kappa shape index (κ1) is 25.3. The first-order chi connectivity index (χ1) is 18.4. The van der Waals surface area contributed by atoms with Crippen LogP contribution in [0.5, 0.6) is 0 Å². The molecule has 1 amide bonds. The van der Waals surface area contributed by atoms with E-state index in [-0.39, 0.29) is 29.5 Å². The lowest BCUT2D eigenvalue weighted by Gasteiger charge is -2.35. The minimum Gasteiger partial charge on any atom is -0.340 e. The first-order valence-electron chi connectivity index (χ1n) is 12.5. The van der Waals surface area contributed by atoms with Crippen LogP contribution in [-0.2, 0) is 0 Å². The number of aromatic nitrogens is 2. The molecular formula is C29H28F2N6O. The number of rotatable bonds is 7. The van der Waals surface area contributed by atoms with Gasteiger partial charge >= 0.3 is 0 Å². The van der Waals surface area contributed by atoms with Crippen molar-refractivity contribution in [1.29, 1.82) is 0 Å². The molecule has 9 heteroatoms. The lowest BCUT2D eigenvalue weighted by Crippen LogP contribution is -2.41. The van der Waals surface area contributed by atoms with Gasteiger partial charge in [-0.2, -0.15) is 4.98 Å². The topological polar surface area (TPSA) is 96.2 Å². The molecule has 1 unspecified atom stereocenters. The second kappa shape index (κ2) is 11.4. The Morgan fingerprint density at radius 2 is 1.42 bits per heavy atom. The maximum Gasteiger partial charge on any atom is 0.253 e. The van der Waals surface area contributed by atoms with Crippen molar-refractivity contribution in [2.24, 2.45) is 11.7 Å². The third kappa shape index (κ3) is 6.12. The largest absolute Gasteiger partial charge is 0.340 e. The lowest BCUT2D eigenvalue weighted by molar-refractivity contribution is 0.0678. The van der Waals surface area contributed by atoms with E-state index in [9.17, 15) is 13.6 Å². The monoisotopic (exact) mass is 514 g/mol. The van der Waals surface area contributed by atoms with Gasteiger partial charge in [0.1, 0.15) is 17.5 Å². The molecule has 194 valence electrons. The molecule has 1 fully saturated rings. The molecule has 1 aromatic heterocycles. The Labute approximate surface area is 219 Å². The van der Waals surface area contributed by atoms with E-state index in [0.29, 0.717) is 36.1 Å².